The van der Waals surface area contributed by atoms with Crippen molar-refractivity contribution >= 4 is 10.0 Å². The highest BCUT2D eigenvalue weighted by Gasteiger charge is 2.22. The first kappa shape index (κ1) is 19.2. The van der Waals surface area contributed by atoms with E-state index < -0.39 is 10.0 Å². The maximum atomic E-state index is 12.1. The first-order valence-corrected chi connectivity index (χ1v) is 9.95. The zero-order valence-corrected chi connectivity index (χ0v) is 15.2. The van der Waals surface area contributed by atoms with Gasteiger partial charge in [-0.2, -0.15) is 0 Å². The van der Waals surface area contributed by atoms with Crippen molar-refractivity contribution in [3.8, 4) is 5.75 Å². The molecule has 1 saturated carbocycles. The van der Waals surface area contributed by atoms with E-state index in [1.165, 1.54) is 20.0 Å². The summed E-state index contributed by atoms with van der Waals surface area (Å²) < 4.78 is 42.5. The molecule has 0 bridgehead atoms. The Labute approximate surface area is 144 Å². The summed E-state index contributed by atoms with van der Waals surface area (Å²) in [6, 6.07) is 7.29. The van der Waals surface area contributed by atoms with Crippen molar-refractivity contribution in [2.24, 2.45) is 5.92 Å². The van der Waals surface area contributed by atoms with Crippen molar-refractivity contribution in [3.63, 3.8) is 0 Å². The fourth-order valence-corrected chi connectivity index (χ4v) is 3.55. The topological polar surface area (TPSA) is 73.9 Å². The van der Waals surface area contributed by atoms with Crippen LogP contribution < -0.4 is 9.46 Å². The number of methoxy groups -OCH3 is 1. The molecule has 24 heavy (non-hydrogen) atoms. The van der Waals surface area contributed by atoms with Gasteiger partial charge in [0.25, 0.3) is 0 Å². The summed E-state index contributed by atoms with van der Waals surface area (Å²) in [5.74, 6) is 1.50. The lowest BCUT2D eigenvalue weighted by molar-refractivity contribution is -0.0298. The van der Waals surface area contributed by atoms with Crippen molar-refractivity contribution in [2.75, 3.05) is 32.9 Å². The molecule has 1 aromatic rings. The smallest absolute Gasteiger partial charge is 0.212 e. The summed E-state index contributed by atoms with van der Waals surface area (Å²) >= 11 is 0. The molecule has 0 aromatic heterocycles. The first-order valence-electron chi connectivity index (χ1n) is 8.29. The Balaban J connectivity index is 1.81. The normalized spacial score (nSPS) is 16.1. The van der Waals surface area contributed by atoms with E-state index in [1.807, 2.05) is 31.2 Å². The van der Waals surface area contributed by atoms with Gasteiger partial charge in [0.05, 0.1) is 19.0 Å². The third kappa shape index (κ3) is 7.17. The Hall–Kier alpha value is -1.15. The van der Waals surface area contributed by atoms with Crippen LogP contribution in [0.15, 0.2) is 24.3 Å². The van der Waals surface area contributed by atoms with Crippen LogP contribution in [0, 0.1) is 5.92 Å². The van der Waals surface area contributed by atoms with Gasteiger partial charge in [-0.25, -0.2) is 13.1 Å². The maximum Gasteiger partial charge on any atom is 0.212 e. The molecular formula is C17H27NO5S. The monoisotopic (exact) mass is 357 g/mol. The van der Waals surface area contributed by atoms with Crippen LogP contribution in [-0.2, 0) is 19.5 Å². The Morgan fingerprint density at radius 3 is 2.83 bits per heavy atom. The number of hydrogen-bond acceptors (Lipinski definition) is 5. The van der Waals surface area contributed by atoms with E-state index in [4.69, 9.17) is 14.2 Å². The van der Waals surface area contributed by atoms with Crippen molar-refractivity contribution in [3.05, 3.63) is 29.8 Å². The van der Waals surface area contributed by atoms with Gasteiger partial charge >= 0.3 is 0 Å². The van der Waals surface area contributed by atoms with Crippen molar-refractivity contribution in [1.82, 2.24) is 4.72 Å². The molecular weight excluding hydrogens is 330 g/mol. The van der Waals surface area contributed by atoms with Crippen LogP contribution in [0.25, 0.3) is 0 Å². The number of sulfonamides is 1. The lowest BCUT2D eigenvalue weighted by atomic mass is 10.1. The van der Waals surface area contributed by atoms with Crippen molar-refractivity contribution < 1.29 is 22.6 Å². The lowest BCUT2D eigenvalue weighted by Gasteiger charge is -2.16. The molecule has 136 valence electrons. The predicted octanol–water partition coefficient (Wildman–Crippen LogP) is 2.47. The number of rotatable bonds is 12. The van der Waals surface area contributed by atoms with E-state index in [-0.39, 0.29) is 18.6 Å². The van der Waals surface area contributed by atoms with Gasteiger partial charge in [0.1, 0.15) is 12.5 Å². The highest BCUT2D eigenvalue weighted by atomic mass is 32.2. The van der Waals surface area contributed by atoms with Crippen LogP contribution in [-0.4, -0.2) is 41.3 Å². The van der Waals surface area contributed by atoms with Gasteiger partial charge < -0.3 is 14.2 Å². The summed E-state index contributed by atoms with van der Waals surface area (Å²) in [5, 5.41) is 0. The highest BCUT2D eigenvalue weighted by molar-refractivity contribution is 7.89. The minimum absolute atomic E-state index is 0.0267. The standard InChI is InChI=1S/C17H27NO5S/c1-14(18-24(19,20)10-4-9-22-13-21-2)16-5-3-6-17(11-16)23-12-15-7-8-15/h3,5-6,11,14-15,18H,4,7-10,12-13H2,1-2H3. The molecule has 0 spiro atoms. The Morgan fingerprint density at radius 2 is 2.12 bits per heavy atom. The molecule has 1 aromatic carbocycles. The van der Waals surface area contributed by atoms with Crippen LogP contribution in [0.4, 0.5) is 0 Å². The molecule has 0 radical (unpaired) electrons. The van der Waals surface area contributed by atoms with Crippen molar-refractivity contribution in [2.45, 2.75) is 32.2 Å². The molecule has 1 N–H and O–H groups in total. The van der Waals surface area contributed by atoms with Gasteiger partial charge in [-0.05, 0) is 49.8 Å². The Kier molecular flexibility index (Phi) is 7.48. The molecule has 0 aliphatic heterocycles. The third-order valence-electron chi connectivity index (χ3n) is 3.80. The molecule has 1 aliphatic carbocycles. The van der Waals surface area contributed by atoms with Gasteiger partial charge in [-0.1, -0.05) is 12.1 Å². The minimum Gasteiger partial charge on any atom is -0.493 e. The van der Waals surface area contributed by atoms with Crippen molar-refractivity contribution in [1.29, 1.82) is 0 Å². The molecule has 6 nitrogen and oxygen atoms in total. The molecule has 0 amide bonds. The van der Waals surface area contributed by atoms with Crippen LogP contribution in [0.5, 0.6) is 5.75 Å². The average Bonchev–Trinajstić information content (AvgIpc) is 3.37. The minimum atomic E-state index is -3.36. The van der Waals surface area contributed by atoms with Crippen LogP contribution in [0.2, 0.25) is 0 Å². The van der Waals surface area contributed by atoms with Gasteiger partial charge in [0.2, 0.25) is 10.0 Å². The lowest BCUT2D eigenvalue weighted by Crippen LogP contribution is -2.29. The molecule has 1 aliphatic rings. The number of nitrogens with one attached hydrogen (secondary N) is 1. The Bertz CT molecular complexity index is 601. The quantitative estimate of drug-likeness (QED) is 0.459. The molecule has 7 heteroatoms. The summed E-state index contributed by atoms with van der Waals surface area (Å²) in [4.78, 5) is 0. The van der Waals surface area contributed by atoms with E-state index in [1.54, 1.807) is 0 Å². The third-order valence-corrected chi connectivity index (χ3v) is 5.34. The molecule has 1 atom stereocenters. The van der Waals surface area contributed by atoms with E-state index in [9.17, 15) is 8.42 Å². The van der Waals surface area contributed by atoms with E-state index in [2.05, 4.69) is 4.72 Å². The zero-order valence-electron chi connectivity index (χ0n) is 14.4. The van der Waals surface area contributed by atoms with Gasteiger partial charge in [0, 0.05) is 13.2 Å². The average molecular weight is 357 g/mol. The largest absolute Gasteiger partial charge is 0.493 e. The van der Waals surface area contributed by atoms with E-state index in [0.717, 1.165) is 17.9 Å². The maximum absolute atomic E-state index is 12.1. The summed E-state index contributed by atoms with van der Waals surface area (Å²) in [5.41, 5.74) is 0.891. The zero-order chi connectivity index (χ0) is 17.4. The second kappa shape index (κ2) is 9.36. The molecule has 0 saturated heterocycles. The highest BCUT2D eigenvalue weighted by Crippen LogP contribution is 2.30. The molecule has 0 heterocycles. The summed E-state index contributed by atoms with van der Waals surface area (Å²) in [7, 11) is -1.83. The van der Waals surface area contributed by atoms with Gasteiger partial charge in [-0.3, -0.25) is 0 Å². The summed E-state index contributed by atoms with van der Waals surface area (Å²) in [6.45, 7) is 3.11. The molecule has 1 unspecified atom stereocenters. The molecule has 1 fully saturated rings. The second-order valence-electron chi connectivity index (χ2n) is 6.15. The summed E-state index contributed by atoms with van der Waals surface area (Å²) in [6.07, 6.45) is 2.91. The Morgan fingerprint density at radius 1 is 1.33 bits per heavy atom. The predicted molar refractivity (Wildman–Crippen MR) is 92.4 cm³/mol. The van der Waals surface area contributed by atoms with Crippen LogP contribution in [0.1, 0.15) is 37.8 Å². The van der Waals surface area contributed by atoms with E-state index in [0.29, 0.717) is 18.9 Å². The fraction of sp³-hybridized carbons (Fsp3) is 0.647. The SMILES string of the molecule is COCOCCCS(=O)(=O)NC(C)c1cccc(OCC2CC2)c1. The number of hydrogen-bond donors (Lipinski definition) is 1. The van der Waals surface area contributed by atoms with Gasteiger partial charge in [-0.15, -0.1) is 0 Å². The van der Waals surface area contributed by atoms with Gasteiger partial charge in [0.15, 0.2) is 0 Å². The van der Waals surface area contributed by atoms with Crippen LogP contribution >= 0.6 is 0 Å². The first-order chi connectivity index (χ1) is 11.5. The number of benzene rings is 1. The van der Waals surface area contributed by atoms with E-state index >= 15 is 0 Å². The second-order valence-corrected chi connectivity index (χ2v) is 8.03. The molecule has 2 rings (SSSR count). The van der Waals surface area contributed by atoms with Crippen LogP contribution in [0.3, 0.4) is 0 Å². The number of ether oxygens (including phenoxy) is 3. The fourth-order valence-electron chi connectivity index (χ4n) is 2.26.